The molecule has 1 fully saturated rings. The van der Waals surface area contributed by atoms with E-state index < -0.39 is 0 Å². The van der Waals surface area contributed by atoms with Gasteiger partial charge < -0.3 is 9.47 Å². The molecule has 1 unspecified atom stereocenters. The van der Waals surface area contributed by atoms with Crippen molar-refractivity contribution in [2.24, 2.45) is 5.92 Å². The summed E-state index contributed by atoms with van der Waals surface area (Å²) in [5.41, 5.74) is 0.643. The van der Waals surface area contributed by atoms with Crippen molar-refractivity contribution in [2.75, 3.05) is 13.2 Å². The molecule has 2 rings (SSSR count). The summed E-state index contributed by atoms with van der Waals surface area (Å²) >= 11 is 0. The maximum atomic E-state index is 12.5. The SMILES string of the molecule is CCOc1ccccc1C(=O)C(OCC)C1CC1. The number of carbonyl (C=O) groups is 1. The van der Waals surface area contributed by atoms with Gasteiger partial charge in [-0.15, -0.1) is 0 Å². The molecule has 3 heteroatoms. The summed E-state index contributed by atoms with van der Waals surface area (Å²) < 4.78 is 11.1. The number of ketones is 1. The van der Waals surface area contributed by atoms with E-state index in [4.69, 9.17) is 9.47 Å². The van der Waals surface area contributed by atoms with Crippen molar-refractivity contribution in [3.8, 4) is 5.75 Å². The number of hydrogen-bond acceptors (Lipinski definition) is 3. The van der Waals surface area contributed by atoms with Crippen molar-refractivity contribution >= 4 is 5.78 Å². The number of rotatable bonds is 7. The first kappa shape index (κ1) is 13.1. The molecule has 0 radical (unpaired) electrons. The third-order valence-corrected chi connectivity index (χ3v) is 3.11. The lowest BCUT2D eigenvalue weighted by molar-refractivity contribution is 0.0372. The summed E-state index contributed by atoms with van der Waals surface area (Å²) in [5, 5.41) is 0. The minimum absolute atomic E-state index is 0.0587. The Kier molecular flexibility index (Phi) is 4.37. The second kappa shape index (κ2) is 6.01. The van der Waals surface area contributed by atoms with Gasteiger partial charge in [-0.05, 0) is 44.7 Å². The van der Waals surface area contributed by atoms with E-state index in [-0.39, 0.29) is 11.9 Å². The van der Waals surface area contributed by atoms with Crippen molar-refractivity contribution in [1.29, 1.82) is 0 Å². The second-order valence-corrected chi connectivity index (χ2v) is 4.51. The summed E-state index contributed by atoms with van der Waals surface area (Å²) in [5.74, 6) is 1.12. The molecular weight excluding hydrogens is 228 g/mol. The lowest BCUT2D eigenvalue weighted by Crippen LogP contribution is -2.27. The Balaban J connectivity index is 2.20. The minimum atomic E-state index is -0.295. The lowest BCUT2D eigenvalue weighted by atomic mass is 10.0. The predicted octanol–water partition coefficient (Wildman–Crippen LogP) is 3.08. The van der Waals surface area contributed by atoms with Crippen molar-refractivity contribution in [3.05, 3.63) is 29.8 Å². The normalized spacial score (nSPS) is 16.3. The van der Waals surface area contributed by atoms with Gasteiger partial charge in [-0.3, -0.25) is 4.79 Å². The highest BCUT2D eigenvalue weighted by Gasteiger charge is 2.37. The smallest absolute Gasteiger partial charge is 0.195 e. The largest absolute Gasteiger partial charge is 0.493 e. The Labute approximate surface area is 108 Å². The molecule has 98 valence electrons. The van der Waals surface area contributed by atoms with Gasteiger partial charge in [0.25, 0.3) is 0 Å². The van der Waals surface area contributed by atoms with E-state index in [0.717, 1.165) is 12.8 Å². The highest BCUT2D eigenvalue weighted by Crippen LogP contribution is 2.37. The maximum absolute atomic E-state index is 12.5. The quantitative estimate of drug-likeness (QED) is 0.696. The third-order valence-electron chi connectivity index (χ3n) is 3.11. The first-order chi connectivity index (χ1) is 8.77. The fourth-order valence-corrected chi connectivity index (χ4v) is 2.11. The molecule has 1 aromatic rings. The zero-order valence-electron chi connectivity index (χ0n) is 11.0. The van der Waals surface area contributed by atoms with Gasteiger partial charge in [0.15, 0.2) is 5.78 Å². The average molecular weight is 248 g/mol. The monoisotopic (exact) mass is 248 g/mol. The highest BCUT2D eigenvalue weighted by molar-refractivity contribution is 6.02. The number of carbonyl (C=O) groups excluding carboxylic acids is 1. The second-order valence-electron chi connectivity index (χ2n) is 4.51. The van der Waals surface area contributed by atoms with E-state index in [2.05, 4.69) is 0 Å². The van der Waals surface area contributed by atoms with Crippen LogP contribution in [0.5, 0.6) is 5.75 Å². The minimum Gasteiger partial charge on any atom is -0.493 e. The average Bonchev–Trinajstić information content (AvgIpc) is 3.20. The Morgan fingerprint density at radius 2 is 2.00 bits per heavy atom. The van der Waals surface area contributed by atoms with E-state index in [1.807, 2.05) is 38.1 Å². The molecule has 0 aromatic heterocycles. The van der Waals surface area contributed by atoms with E-state index in [1.54, 1.807) is 0 Å². The van der Waals surface area contributed by atoms with Crippen molar-refractivity contribution in [3.63, 3.8) is 0 Å². The first-order valence-corrected chi connectivity index (χ1v) is 6.65. The van der Waals surface area contributed by atoms with Crippen molar-refractivity contribution in [2.45, 2.75) is 32.8 Å². The van der Waals surface area contributed by atoms with Gasteiger partial charge in [0.05, 0.1) is 12.2 Å². The van der Waals surface area contributed by atoms with Crippen LogP contribution in [-0.4, -0.2) is 25.1 Å². The number of Topliss-reactive ketones (excluding diaryl/α,β-unsaturated/α-hetero) is 1. The molecule has 3 nitrogen and oxygen atoms in total. The molecule has 0 aliphatic heterocycles. The molecule has 0 saturated heterocycles. The molecule has 1 aliphatic rings. The molecule has 0 bridgehead atoms. The Morgan fingerprint density at radius 3 is 2.61 bits per heavy atom. The number of hydrogen-bond donors (Lipinski definition) is 0. The van der Waals surface area contributed by atoms with Crippen molar-refractivity contribution < 1.29 is 14.3 Å². The summed E-state index contributed by atoms with van der Waals surface area (Å²) in [6.45, 7) is 4.98. The summed E-state index contributed by atoms with van der Waals surface area (Å²) in [6.07, 6.45) is 1.89. The zero-order chi connectivity index (χ0) is 13.0. The molecule has 0 amide bonds. The van der Waals surface area contributed by atoms with Gasteiger partial charge in [-0.1, -0.05) is 12.1 Å². The molecule has 1 aliphatic carbocycles. The van der Waals surface area contributed by atoms with Gasteiger partial charge in [0, 0.05) is 6.61 Å². The zero-order valence-corrected chi connectivity index (χ0v) is 11.0. The molecule has 1 atom stereocenters. The van der Waals surface area contributed by atoms with Crippen LogP contribution in [0.3, 0.4) is 0 Å². The van der Waals surface area contributed by atoms with Crippen LogP contribution in [0.4, 0.5) is 0 Å². The highest BCUT2D eigenvalue weighted by atomic mass is 16.5. The summed E-state index contributed by atoms with van der Waals surface area (Å²) in [7, 11) is 0. The van der Waals surface area contributed by atoms with Gasteiger partial charge in [0.2, 0.25) is 0 Å². The van der Waals surface area contributed by atoms with Crippen LogP contribution in [-0.2, 0) is 4.74 Å². The lowest BCUT2D eigenvalue weighted by Gasteiger charge is -2.17. The van der Waals surface area contributed by atoms with Crippen molar-refractivity contribution in [1.82, 2.24) is 0 Å². The topological polar surface area (TPSA) is 35.5 Å². The van der Waals surface area contributed by atoms with Crippen LogP contribution in [0.25, 0.3) is 0 Å². The summed E-state index contributed by atoms with van der Waals surface area (Å²) in [6, 6.07) is 7.41. The van der Waals surface area contributed by atoms with Crippen LogP contribution in [0.1, 0.15) is 37.0 Å². The van der Waals surface area contributed by atoms with Gasteiger partial charge in [-0.2, -0.15) is 0 Å². The van der Waals surface area contributed by atoms with Gasteiger partial charge >= 0.3 is 0 Å². The Bertz CT molecular complexity index is 410. The number of ether oxygens (including phenoxy) is 2. The predicted molar refractivity (Wildman–Crippen MR) is 70.1 cm³/mol. The van der Waals surface area contributed by atoms with E-state index >= 15 is 0 Å². The molecule has 1 aromatic carbocycles. The fourth-order valence-electron chi connectivity index (χ4n) is 2.11. The van der Waals surface area contributed by atoms with E-state index in [0.29, 0.717) is 30.4 Å². The van der Waals surface area contributed by atoms with E-state index in [9.17, 15) is 4.79 Å². The van der Waals surface area contributed by atoms with Gasteiger partial charge in [-0.25, -0.2) is 0 Å². The van der Waals surface area contributed by atoms with Crippen LogP contribution in [0, 0.1) is 5.92 Å². The third kappa shape index (κ3) is 2.91. The van der Waals surface area contributed by atoms with E-state index in [1.165, 1.54) is 0 Å². The molecule has 18 heavy (non-hydrogen) atoms. The Hall–Kier alpha value is -1.35. The van der Waals surface area contributed by atoms with Crippen LogP contribution in [0.15, 0.2) is 24.3 Å². The molecule has 1 saturated carbocycles. The standard InChI is InChI=1S/C15H20O3/c1-3-17-13-8-6-5-7-12(13)14(16)15(18-4-2)11-9-10-11/h5-8,11,15H,3-4,9-10H2,1-2H3. The molecule has 0 heterocycles. The number of para-hydroxylation sites is 1. The maximum Gasteiger partial charge on any atom is 0.195 e. The van der Waals surface area contributed by atoms with Gasteiger partial charge in [0.1, 0.15) is 11.9 Å². The molecule has 0 N–H and O–H groups in total. The Morgan fingerprint density at radius 1 is 1.28 bits per heavy atom. The molecular formula is C15H20O3. The van der Waals surface area contributed by atoms with Crippen LogP contribution < -0.4 is 4.74 Å². The van der Waals surface area contributed by atoms with Crippen LogP contribution in [0.2, 0.25) is 0 Å². The first-order valence-electron chi connectivity index (χ1n) is 6.65. The number of benzene rings is 1. The fraction of sp³-hybridized carbons (Fsp3) is 0.533. The molecule has 0 spiro atoms. The summed E-state index contributed by atoms with van der Waals surface area (Å²) in [4.78, 5) is 12.5. The van der Waals surface area contributed by atoms with Crippen LogP contribution >= 0.6 is 0 Å².